The fourth-order valence-corrected chi connectivity index (χ4v) is 1.97. The van der Waals surface area contributed by atoms with E-state index < -0.39 is 0 Å². The summed E-state index contributed by atoms with van der Waals surface area (Å²) >= 11 is 0. The van der Waals surface area contributed by atoms with Gasteiger partial charge in [0, 0.05) is 11.9 Å². The van der Waals surface area contributed by atoms with Crippen molar-refractivity contribution in [2.45, 2.75) is 6.92 Å². The fraction of sp³-hybridized carbons (Fsp3) is 0.0714. The second-order valence-electron chi connectivity index (χ2n) is 4.46. The van der Waals surface area contributed by atoms with Gasteiger partial charge in [-0.05, 0) is 25.1 Å². The number of halogens is 1. The summed E-state index contributed by atoms with van der Waals surface area (Å²) in [5.74, 6) is 0.0811. The first kappa shape index (κ1) is 12.3. The number of nitrogens with zero attached hydrogens (tertiary/aromatic N) is 4. The largest absolute Gasteiger partial charge is 0.397 e. The smallest absolute Gasteiger partial charge is 0.179 e. The van der Waals surface area contributed by atoms with E-state index in [1.54, 1.807) is 22.7 Å². The van der Waals surface area contributed by atoms with Gasteiger partial charge < -0.3 is 5.73 Å². The average Bonchev–Trinajstić information content (AvgIpc) is 2.80. The van der Waals surface area contributed by atoms with Gasteiger partial charge in [0.25, 0.3) is 0 Å². The zero-order chi connectivity index (χ0) is 14.3. The second-order valence-corrected chi connectivity index (χ2v) is 4.46. The highest BCUT2D eigenvalue weighted by Gasteiger charge is 2.11. The normalized spacial score (nSPS) is 10.9. The average molecular weight is 269 g/mol. The lowest BCUT2D eigenvalue weighted by Gasteiger charge is -2.05. The number of fused-ring (bicyclic) bond motifs is 1. The maximum Gasteiger partial charge on any atom is 0.179 e. The summed E-state index contributed by atoms with van der Waals surface area (Å²) < 4.78 is 15.0. The molecule has 0 atom stereocenters. The van der Waals surface area contributed by atoms with Crippen molar-refractivity contribution < 1.29 is 4.39 Å². The lowest BCUT2D eigenvalue weighted by Crippen LogP contribution is -2.03. The summed E-state index contributed by atoms with van der Waals surface area (Å²) in [4.78, 5) is 12.9. The van der Waals surface area contributed by atoms with Gasteiger partial charge in [0.05, 0.1) is 17.6 Å². The molecule has 0 aliphatic rings. The summed E-state index contributed by atoms with van der Waals surface area (Å²) in [6.07, 6.45) is 2.95. The molecule has 3 aromatic heterocycles. The van der Waals surface area contributed by atoms with Gasteiger partial charge in [0.1, 0.15) is 17.2 Å². The van der Waals surface area contributed by atoms with Crippen LogP contribution in [-0.4, -0.2) is 19.4 Å². The Hall–Kier alpha value is -2.76. The number of hydrogen-bond donors (Lipinski definition) is 1. The molecule has 100 valence electrons. The van der Waals surface area contributed by atoms with Crippen molar-refractivity contribution in [3.8, 4) is 11.5 Å². The number of hydrogen-bond acceptors (Lipinski definition) is 4. The molecule has 2 N–H and O–H groups in total. The quantitative estimate of drug-likeness (QED) is 0.774. The summed E-state index contributed by atoms with van der Waals surface area (Å²) in [6.45, 7) is 5.51. The van der Waals surface area contributed by atoms with E-state index in [1.807, 2.05) is 6.92 Å². The van der Waals surface area contributed by atoms with Crippen molar-refractivity contribution in [2.75, 3.05) is 0 Å². The zero-order valence-electron chi connectivity index (χ0n) is 10.8. The van der Waals surface area contributed by atoms with E-state index in [9.17, 15) is 4.39 Å². The molecule has 20 heavy (non-hydrogen) atoms. The van der Waals surface area contributed by atoms with E-state index in [2.05, 4.69) is 21.5 Å². The number of pyridine rings is 1. The Morgan fingerprint density at radius 2 is 2.15 bits per heavy atom. The summed E-state index contributed by atoms with van der Waals surface area (Å²) in [5, 5.41) is 0. The minimum absolute atomic E-state index is 0.354. The molecule has 0 aliphatic carbocycles. The highest BCUT2D eigenvalue weighted by molar-refractivity contribution is 5.62. The Balaban J connectivity index is 2.25. The molecule has 0 unspecified atom stereocenters. The maximum absolute atomic E-state index is 13.4. The SMILES string of the molecule is C=C(N)c1cc(C)nc(-c2cnc3ccc(F)cn23)n1. The number of aryl methyl sites for hydroxylation is 1. The highest BCUT2D eigenvalue weighted by Crippen LogP contribution is 2.19. The van der Waals surface area contributed by atoms with Crippen molar-refractivity contribution in [2.24, 2.45) is 5.73 Å². The van der Waals surface area contributed by atoms with Gasteiger partial charge in [-0.25, -0.2) is 19.3 Å². The van der Waals surface area contributed by atoms with Gasteiger partial charge in [0.2, 0.25) is 0 Å². The van der Waals surface area contributed by atoms with Gasteiger partial charge in [0.15, 0.2) is 5.82 Å². The van der Waals surface area contributed by atoms with E-state index in [-0.39, 0.29) is 5.82 Å². The first-order chi connectivity index (χ1) is 9.54. The van der Waals surface area contributed by atoms with E-state index in [4.69, 9.17) is 5.73 Å². The van der Waals surface area contributed by atoms with Crippen LogP contribution in [0.5, 0.6) is 0 Å². The van der Waals surface area contributed by atoms with E-state index in [1.165, 1.54) is 12.3 Å². The van der Waals surface area contributed by atoms with E-state index >= 15 is 0 Å². The molecule has 0 aromatic carbocycles. The Kier molecular flexibility index (Phi) is 2.71. The highest BCUT2D eigenvalue weighted by atomic mass is 19.1. The second kappa shape index (κ2) is 4.41. The summed E-state index contributed by atoms with van der Waals surface area (Å²) in [7, 11) is 0. The van der Waals surface area contributed by atoms with Crippen LogP contribution >= 0.6 is 0 Å². The van der Waals surface area contributed by atoms with Crippen molar-refractivity contribution in [3.05, 3.63) is 54.4 Å². The molecule has 0 radical (unpaired) electrons. The molecular formula is C14H12FN5. The van der Waals surface area contributed by atoms with Crippen LogP contribution in [0.1, 0.15) is 11.4 Å². The minimum Gasteiger partial charge on any atom is -0.397 e. The first-order valence-corrected chi connectivity index (χ1v) is 5.98. The van der Waals surface area contributed by atoms with Crippen LogP contribution in [0.15, 0.2) is 37.2 Å². The molecule has 0 saturated heterocycles. The molecule has 0 amide bonds. The zero-order valence-corrected chi connectivity index (χ0v) is 10.8. The van der Waals surface area contributed by atoms with Crippen molar-refractivity contribution in [1.82, 2.24) is 19.4 Å². The molecule has 6 heteroatoms. The van der Waals surface area contributed by atoms with Gasteiger partial charge in [-0.1, -0.05) is 6.58 Å². The number of nitrogens with two attached hydrogens (primary N) is 1. The van der Waals surface area contributed by atoms with Crippen LogP contribution in [0.4, 0.5) is 4.39 Å². The Bertz CT molecular complexity index is 822. The lowest BCUT2D eigenvalue weighted by atomic mass is 10.2. The summed E-state index contributed by atoms with van der Waals surface area (Å²) in [5.41, 5.74) is 8.57. The molecule has 0 aliphatic heterocycles. The predicted octanol–water partition coefficient (Wildman–Crippen LogP) is 2.17. The number of rotatable bonds is 2. The third kappa shape index (κ3) is 2.01. The van der Waals surface area contributed by atoms with Gasteiger partial charge >= 0.3 is 0 Å². The third-order valence-corrected chi connectivity index (χ3v) is 2.88. The van der Waals surface area contributed by atoms with Crippen LogP contribution in [0, 0.1) is 12.7 Å². The standard InChI is InChI=1S/C14H12FN5/c1-8-5-11(9(2)16)19-14(18-8)12-6-17-13-4-3-10(15)7-20(12)13/h3-7H,2,16H2,1H3. The maximum atomic E-state index is 13.4. The Morgan fingerprint density at radius 1 is 1.35 bits per heavy atom. The Labute approximate surface area is 114 Å². The molecule has 0 spiro atoms. The number of aromatic nitrogens is 4. The molecule has 0 saturated carbocycles. The van der Waals surface area contributed by atoms with E-state index in [0.29, 0.717) is 28.6 Å². The van der Waals surface area contributed by atoms with Crippen molar-refractivity contribution in [1.29, 1.82) is 0 Å². The van der Waals surface area contributed by atoms with Crippen LogP contribution in [0.25, 0.3) is 22.9 Å². The molecule has 3 heterocycles. The Morgan fingerprint density at radius 3 is 2.90 bits per heavy atom. The van der Waals surface area contributed by atoms with Crippen molar-refractivity contribution >= 4 is 11.3 Å². The first-order valence-electron chi connectivity index (χ1n) is 5.98. The fourth-order valence-electron chi connectivity index (χ4n) is 1.97. The summed E-state index contributed by atoms with van der Waals surface area (Å²) in [6, 6.07) is 4.70. The monoisotopic (exact) mass is 269 g/mol. The molecule has 0 fully saturated rings. The molecular weight excluding hydrogens is 257 g/mol. The number of imidazole rings is 1. The van der Waals surface area contributed by atoms with Crippen molar-refractivity contribution in [3.63, 3.8) is 0 Å². The molecule has 3 aromatic rings. The lowest BCUT2D eigenvalue weighted by molar-refractivity contribution is 0.619. The van der Waals surface area contributed by atoms with Gasteiger partial charge in [-0.2, -0.15) is 0 Å². The van der Waals surface area contributed by atoms with Gasteiger partial charge in [-0.15, -0.1) is 0 Å². The predicted molar refractivity (Wildman–Crippen MR) is 74.1 cm³/mol. The molecule has 0 bridgehead atoms. The van der Waals surface area contributed by atoms with Crippen LogP contribution in [0.2, 0.25) is 0 Å². The molecule has 3 rings (SSSR count). The van der Waals surface area contributed by atoms with E-state index in [0.717, 1.165) is 5.69 Å². The van der Waals surface area contributed by atoms with Crippen LogP contribution in [0.3, 0.4) is 0 Å². The minimum atomic E-state index is -0.354. The van der Waals surface area contributed by atoms with Crippen LogP contribution in [-0.2, 0) is 0 Å². The molecule has 5 nitrogen and oxygen atoms in total. The topological polar surface area (TPSA) is 69.1 Å². The third-order valence-electron chi connectivity index (χ3n) is 2.88. The van der Waals surface area contributed by atoms with Gasteiger partial charge in [-0.3, -0.25) is 4.40 Å². The van der Waals surface area contributed by atoms with Crippen LogP contribution < -0.4 is 5.73 Å².